The lowest BCUT2D eigenvalue weighted by Gasteiger charge is -2.33. The van der Waals surface area contributed by atoms with Crippen molar-refractivity contribution >= 4 is 28.3 Å². The first-order valence-electron chi connectivity index (χ1n) is 9.51. The van der Waals surface area contributed by atoms with E-state index in [1.807, 2.05) is 32.9 Å². The lowest BCUT2D eigenvalue weighted by Crippen LogP contribution is -2.41. The van der Waals surface area contributed by atoms with Crippen LogP contribution in [-0.2, 0) is 4.74 Å². The predicted octanol–water partition coefficient (Wildman–Crippen LogP) is 2.87. The van der Waals surface area contributed by atoms with E-state index in [-0.39, 0.29) is 17.6 Å². The summed E-state index contributed by atoms with van der Waals surface area (Å²) in [5.41, 5.74) is 8.21. The zero-order valence-corrected chi connectivity index (χ0v) is 16.4. The number of H-pyrrole nitrogens is 1. The monoisotopic (exact) mass is 383 g/mol. The molecule has 1 saturated heterocycles. The van der Waals surface area contributed by atoms with Crippen molar-refractivity contribution in [3.05, 3.63) is 40.3 Å². The van der Waals surface area contributed by atoms with E-state index in [2.05, 4.69) is 10.1 Å². The number of rotatable bonds is 1. The third kappa shape index (κ3) is 3.30. The smallest absolute Gasteiger partial charge is 0.410 e. The van der Waals surface area contributed by atoms with Crippen LogP contribution in [0, 0.1) is 0 Å². The number of anilines is 1. The molecule has 0 radical (unpaired) electrons. The summed E-state index contributed by atoms with van der Waals surface area (Å²) >= 11 is 0. The number of fused-ring (bicyclic) bond motifs is 3. The summed E-state index contributed by atoms with van der Waals surface area (Å²) in [7, 11) is 0. The highest BCUT2D eigenvalue weighted by molar-refractivity contribution is 6.01. The third-order valence-corrected chi connectivity index (χ3v) is 5.06. The first-order chi connectivity index (χ1) is 13.2. The number of nitrogens with zero attached hydrogens (tertiary/aromatic N) is 3. The maximum absolute atomic E-state index is 12.3. The fourth-order valence-corrected chi connectivity index (χ4v) is 3.79. The third-order valence-electron chi connectivity index (χ3n) is 5.06. The van der Waals surface area contributed by atoms with Gasteiger partial charge in [-0.25, -0.2) is 9.31 Å². The van der Waals surface area contributed by atoms with Crippen LogP contribution in [0.3, 0.4) is 0 Å². The van der Waals surface area contributed by atoms with E-state index < -0.39 is 5.60 Å². The van der Waals surface area contributed by atoms with Gasteiger partial charge in [-0.05, 0) is 45.7 Å². The normalized spacial score (nSPS) is 16.0. The number of amides is 1. The van der Waals surface area contributed by atoms with Gasteiger partial charge in [0.05, 0.1) is 16.6 Å². The lowest BCUT2D eigenvalue weighted by molar-refractivity contribution is 0.0203. The van der Waals surface area contributed by atoms with Gasteiger partial charge in [-0.1, -0.05) is 6.07 Å². The maximum atomic E-state index is 12.3. The van der Waals surface area contributed by atoms with Crippen LogP contribution in [-0.4, -0.2) is 44.3 Å². The molecular weight excluding hydrogens is 358 g/mol. The first kappa shape index (κ1) is 18.3. The summed E-state index contributed by atoms with van der Waals surface area (Å²) in [6.07, 6.45) is 1.19. The highest BCUT2D eigenvalue weighted by atomic mass is 16.6. The first-order valence-corrected chi connectivity index (χ1v) is 9.51. The minimum Gasteiger partial charge on any atom is -0.444 e. The summed E-state index contributed by atoms with van der Waals surface area (Å²) < 4.78 is 7.25. The van der Waals surface area contributed by atoms with Gasteiger partial charge in [0.25, 0.3) is 5.56 Å². The zero-order chi connectivity index (χ0) is 20.1. The van der Waals surface area contributed by atoms with Gasteiger partial charge >= 0.3 is 6.09 Å². The zero-order valence-electron chi connectivity index (χ0n) is 16.4. The minimum atomic E-state index is -0.512. The van der Waals surface area contributed by atoms with Crippen LogP contribution in [0.4, 0.5) is 10.5 Å². The van der Waals surface area contributed by atoms with Crippen molar-refractivity contribution in [1.82, 2.24) is 19.5 Å². The Labute approximate surface area is 162 Å². The maximum Gasteiger partial charge on any atom is 0.410 e. The summed E-state index contributed by atoms with van der Waals surface area (Å²) in [6.45, 7) is 6.74. The Kier molecular flexibility index (Phi) is 4.28. The molecule has 1 aliphatic heterocycles. The van der Waals surface area contributed by atoms with Crippen molar-refractivity contribution in [2.75, 3.05) is 18.8 Å². The molecule has 3 heterocycles. The lowest BCUT2D eigenvalue weighted by atomic mass is 9.93. The van der Waals surface area contributed by atoms with Crippen LogP contribution < -0.4 is 11.3 Å². The Morgan fingerprint density at radius 1 is 1.29 bits per heavy atom. The Morgan fingerprint density at radius 2 is 2.00 bits per heavy atom. The topological polar surface area (TPSA) is 106 Å². The Bertz CT molecular complexity index is 1100. The second kappa shape index (κ2) is 6.54. The van der Waals surface area contributed by atoms with E-state index in [0.717, 1.165) is 29.4 Å². The van der Waals surface area contributed by atoms with Gasteiger partial charge in [-0.15, -0.1) is 0 Å². The molecule has 3 N–H and O–H groups in total. The number of likely N-dealkylation sites (tertiary alicyclic amines) is 1. The molecule has 3 aromatic rings. The summed E-state index contributed by atoms with van der Waals surface area (Å²) in [5, 5.41) is 5.41. The number of hydrogen-bond acceptors (Lipinski definition) is 5. The van der Waals surface area contributed by atoms with Crippen LogP contribution in [0.25, 0.3) is 16.6 Å². The molecule has 0 spiro atoms. The number of benzene rings is 1. The number of carbonyl (C=O) groups is 1. The molecule has 28 heavy (non-hydrogen) atoms. The average molecular weight is 383 g/mol. The standard InChI is InChI=1S/C20H25N5O3/c1-20(2,3)28-19(27)24-9-7-12(8-10-24)15-11-16(26)22-18-17-13(21)5-4-6-14(17)23-25(15)18/h4-6,11-12H,7-10,21H2,1-3H3,(H,22,26). The Morgan fingerprint density at radius 3 is 2.68 bits per heavy atom. The van der Waals surface area contributed by atoms with Gasteiger partial charge in [0.15, 0.2) is 0 Å². The van der Waals surface area contributed by atoms with E-state index in [0.29, 0.717) is 24.4 Å². The van der Waals surface area contributed by atoms with E-state index in [9.17, 15) is 9.59 Å². The van der Waals surface area contributed by atoms with Crippen LogP contribution in [0.5, 0.6) is 0 Å². The molecule has 1 aromatic carbocycles. The number of piperidine rings is 1. The van der Waals surface area contributed by atoms with Crippen molar-refractivity contribution < 1.29 is 9.53 Å². The molecule has 0 aliphatic carbocycles. The molecule has 2 aromatic heterocycles. The number of hydrogen-bond donors (Lipinski definition) is 2. The Hall–Kier alpha value is -3.03. The van der Waals surface area contributed by atoms with E-state index in [1.165, 1.54) is 0 Å². The van der Waals surface area contributed by atoms with Gasteiger partial charge < -0.3 is 20.4 Å². The molecular formula is C20H25N5O3. The second-order valence-corrected chi connectivity index (χ2v) is 8.30. The number of aromatic amines is 1. The van der Waals surface area contributed by atoms with Crippen LogP contribution in [0.2, 0.25) is 0 Å². The van der Waals surface area contributed by atoms with Crippen molar-refractivity contribution in [1.29, 1.82) is 0 Å². The summed E-state index contributed by atoms with van der Waals surface area (Å²) in [4.78, 5) is 29.2. The molecule has 8 nitrogen and oxygen atoms in total. The molecule has 0 unspecified atom stereocenters. The average Bonchev–Trinajstić information content (AvgIpc) is 2.99. The number of nitrogens with one attached hydrogen (secondary N) is 1. The van der Waals surface area contributed by atoms with Crippen LogP contribution in [0.1, 0.15) is 45.2 Å². The largest absolute Gasteiger partial charge is 0.444 e. The van der Waals surface area contributed by atoms with E-state index >= 15 is 0 Å². The highest BCUT2D eigenvalue weighted by Gasteiger charge is 2.29. The molecule has 1 fully saturated rings. The minimum absolute atomic E-state index is 0.124. The van der Waals surface area contributed by atoms with Gasteiger partial charge in [-0.2, -0.15) is 5.10 Å². The molecule has 148 valence electrons. The SMILES string of the molecule is CC(C)(C)OC(=O)N1CCC(c2cc(=O)[nH]c3c4c(N)cccc4nn23)CC1. The van der Waals surface area contributed by atoms with Gasteiger partial charge in [0.2, 0.25) is 0 Å². The van der Waals surface area contributed by atoms with Crippen LogP contribution in [0.15, 0.2) is 29.1 Å². The second-order valence-electron chi connectivity index (χ2n) is 8.30. The molecule has 1 amide bonds. The molecule has 8 heteroatoms. The van der Waals surface area contributed by atoms with E-state index in [4.69, 9.17) is 10.5 Å². The van der Waals surface area contributed by atoms with Gasteiger partial charge in [0.1, 0.15) is 11.2 Å². The number of nitrogen functional groups attached to an aromatic ring is 1. The van der Waals surface area contributed by atoms with Crippen molar-refractivity contribution in [2.45, 2.75) is 45.1 Å². The van der Waals surface area contributed by atoms with Crippen molar-refractivity contribution in [3.8, 4) is 0 Å². The summed E-state index contributed by atoms with van der Waals surface area (Å²) in [6, 6.07) is 7.13. The number of ether oxygens (including phenoxy) is 1. The molecule has 4 rings (SSSR count). The quantitative estimate of drug-likeness (QED) is 0.629. The number of aromatic nitrogens is 3. The van der Waals surface area contributed by atoms with E-state index in [1.54, 1.807) is 21.5 Å². The summed E-state index contributed by atoms with van der Waals surface area (Å²) in [5.74, 6) is 0.124. The van der Waals surface area contributed by atoms with Crippen molar-refractivity contribution in [3.63, 3.8) is 0 Å². The van der Waals surface area contributed by atoms with Crippen LogP contribution >= 0.6 is 0 Å². The molecule has 0 bridgehead atoms. The number of nitrogens with two attached hydrogens (primary N) is 1. The highest BCUT2D eigenvalue weighted by Crippen LogP contribution is 2.31. The Balaban J connectivity index is 1.64. The molecule has 0 saturated carbocycles. The predicted molar refractivity (Wildman–Crippen MR) is 108 cm³/mol. The molecule has 1 aliphatic rings. The van der Waals surface area contributed by atoms with Crippen molar-refractivity contribution in [2.24, 2.45) is 0 Å². The molecule has 0 atom stereocenters. The van der Waals surface area contributed by atoms with Gasteiger partial charge in [0, 0.05) is 30.8 Å². The fraction of sp³-hybridized carbons (Fsp3) is 0.450. The number of carbonyl (C=O) groups excluding carboxylic acids is 1. The fourth-order valence-electron chi connectivity index (χ4n) is 3.79. The van der Waals surface area contributed by atoms with Gasteiger partial charge in [-0.3, -0.25) is 4.79 Å².